The molecule has 0 heterocycles. The van der Waals surface area contributed by atoms with Gasteiger partial charge in [-0.3, -0.25) is 0 Å². The Morgan fingerprint density at radius 3 is 2.76 bits per heavy atom. The van der Waals surface area contributed by atoms with Gasteiger partial charge < -0.3 is 4.74 Å². The summed E-state index contributed by atoms with van der Waals surface area (Å²) in [5, 5.41) is 0. The summed E-state index contributed by atoms with van der Waals surface area (Å²) in [6.07, 6.45) is 0. The lowest BCUT2D eigenvalue weighted by atomic mass is 10.2. The van der Waals surface area contributed by atoms with E-state index in [1.165, 1.54) is 6.07 Å². The van der Waals surface area contributed by atoms with Crippen LogP contribution in [0.25, 0.3) is 0 Å². The highest BCUT2D eigenvalue weighted by atomic mass is 79.9. The molecule has 0 spiro atoms. The molecule has 3 heteroatoms. The van der Waals surface area contributed by atoms with E-state index in [0.717, 1.165) is 11.6 Å². The minimum Gasteiger partial charge on any atom is -0.486 e. The fourth-order valence-electron chi connectivity index (χ4n) is 1.38. The maximum absolute atomic E-state index is 13.8. The summed E-state index contributed by atoms with van der Waals surface area (Å²) in [5.41, 5.74) is 0.909. The zero-order valence-electron chi connectivity index (χ0n) is 11.9. The summed E-state index contributed by atoms with van der Waals surface area (Å²) in [5.74, 6) is -0.663. The highest BCUT2D eigenvalue weighted by molar-refractivity contribution is 9.10. The third-order valence-corrected chi connectivity index (χ3v) is 2.91. The van der Waals surface area contributed by atoms with Crippen molar-refractivity contribution in [2.45, 2.75) is 13.5 Å². The molecular weight excluding hydrogens is 283 g/mol. The molecule has 0 saturated heterocycles. The first kappa shape index (κ1) is 8.70. The molecule has 0 saturated carbocycles. The SMILES string of the molecule is [2H]C([2H])([2H])c1cc(OCc2ccccc2)c(F)cc1Br. The summed E-state index contributed by atoms with van der Waals surface area (Å²) < 4.78 is 41.6. The maximum Gasteiger partial charge on any atom is 0.166 e. The van der Waals surface area contributed by atoms with E-state index in [0.29, 0.717) is 0 Å². The van der Waals surface area contributed by atoms with Gasteiger partial charge in [-0.05, 0) is 30.1 Å². The van der Waals surface area contributed by atoms with E-state index in [1.807, 2.05) is 30.3 Å². The molecule has 0 aliphatic heterocycles. The Balaban J connectivity index is 2.24. The molecule has 0 amide bonds. The first-order valence-electron chi connectivity index (χ1n) is 6.54. The van der Waals surface area contributed by atoms with Crippen molar-refractivity contribution in [2.24, 2.45) is 0 Å². The Morgan fingerprint density at radius 1 is 1.29 bits per heavy atom. The van der Waals surface area contributed by atoms with Gasteiger partial charge in [-0.2, -0.15) is 0 Å². The highest BCUT2D eigenvalue weighted by Gasteiger charge is 2.07. The van der Waals surface area contributed by atoms with Gasteiger partial charge in [-0.15, -0.1) is 0 Å². The molecule has 2 rings (SSSR count). The van der Waals surface area contributed by atoms with Crippen LogP contribution >= 0.6 is 15.9 Å². The number of aryl methyl sites for hydroxylation is 1. The quantitative estimate of drug-likeness (QED) is 0.812. The van der Waals surface area contributed by atoms with E-state index < -0.39 is 12.7 Å². The van der Waals surface area contributed by atoms with Crippen LogP contribution in [0, 0.1) is 12.7 Å². The van der Waals surface area contributed by atoms with Gasteiger partial charge in [-0.1, -0.05) is 46.3 Å². The van der Waals surface area contributed by atoms with E-state index in [1.54, 1.807) is 0 Å². The van der Waals surface area contributed by atoms with Crippen molar-refractivity contribution >= 4 is 15.9 Å². The highest BCUT2D eigenvalue weighted by Crippen LogP contribution is 2.26. The van der Waals surface area contributed by atoms with Crippen LogP contribution < -0.4 is 4.74 Å². The molecule has 0 unspecified atom stereocenters. The molecule has 0 aromatic heterocycles. The molecule has 88 valence electrons. The molecule has 2 aromatic rings. The lowest BCUT2D eigenvalue weighted by molar-refractivity contribution is 0.290. The van der Waals surface area contributed by atoms with Crippen LogP contribution in [-0.4, -0.2) is 0 Å². The van der Waals surface area contributed by atoms with Crippen molar-refractivity contribution in [1.29, 1.82) is 0 Å². The van der Waals surface area contributed by atoms with Crippen molar-refractivity contribution < 1.29 is 13.2 Å². The maximum atomic E-state index is 13.8. The van der Waals surface area contributed by atoms with E-state index >= 15 is 0 Å². The molecule has 0 aliphatic carbocycles. The van der Waals surface area contributed by atoms with Gasteiger partial charge >= 0.3 is 0 Å². The van der Waals surface area contributed by atoms with Crippen LogP contribution in [0.15, 0.2) is 46.9 Å². The van der Waals surface area contributed by atoms with E-state index in [4.69, 9.17) is 8.85 Å². The fraction of sp³-hybridized carbons (Fsp3) is 0.143. The smallest absolute Gasteiger partial charge is 0.166 e. The van der Waals surface area contributed by atoms with Gasteiger partial charge in [0.25, 0.3) is 0 Å². The molecule has 17 heavy (non-hydrogen) atoms. The molecule has 0 N–H and O–H groups in total. The Morgan fingerprint density at radius 2 is 2.06 bits per heavy atom. The molecular formula is C14H12BrFO. The van der Waals surface area contributed by atoms with Crippen LogP contribution in [-0.2, 0) is 6.61 Å². The van der Waals surface area contributed by atoms with Crippen molar-refractivity contribution in [1.82, 2.24) is 0 Å². The summed E-state index contributed by atoms with van der Waals surface area (Å²) >= 11 is 3.06. The van der Waals surface area contributed by atoms with Crippen LogP contribution in [0.5, 0.6) is 5.75 Å². The number of benzene rings is 2. The average molecular weight is 298 g/mol. The van der Waals surface area contributed by atoms with Gasteiger partial charge in [0.2, 0.25) is 0 Å². The van der Waals surface area contributed by atoms with E-state index in [2.05, 4.69) is 15.9 Å². The second-order valence-corrected chi connectivity index (χ2v) is 4.39. The second-order valence-electron chi connectivity index (χ2n) is 3.54. The van der Waals surface area contributed by atoms with Crippen molar-refractivity contribution in [3.05, 3.63) is 63.9 Å². The number of ether oxygens (including phenoxy) is 1. The summed E-state index contributed by atoms with van der Waals surface area (Å²) in [7, 11) is 0. The summed E-state index contributed by atoms with van der Waals surface area (Å²) in [4.78, 5) is 0. The Bertz CT molecular complexity index is 599. The number of hydrogen-bond donors (Lipinski definition) is 0. The molecule has 1 nitrogen and oxygen atoms in total. The first-order valence-corrected chi connectivity index (χ1v) is 5.83. The van der Waals surface area contributed by atoms with Gasteiger partial charge in [0, 0.05) is 8.58 Å². The number of hydrogen-bond acceptors (Lipinski definition) is 1. The standard InChI is InChI=1S/C14H12BrFO/c1-10-7-14(13(16)8-12(10)15)17-9-11-5-3-2-4-6-11/h2-8H,9H2,1H3/i1D3. The fourth-order valence-corrected chi connectivity index (χ4v) is 1.69. The number of halogens is 2. The van der Waals surface area contributed by atoms with Gasteiger partial charge in [0.1, 0.15) is 6.61 Å². The zero-order valence-corrected chi connectivity index (χ0v) is 10.5. The van der Waals surface area contributed by atoms with Gasteiger partial charge in [0.05, 0.1) is 0 Å². The monoisotopic (exact) mass is 297 g/mol. The van der Waals surface area contributed by atoms with Crippen LogP contribution in [0.3, 0.4) is 0 Å². The molecule has 2 aromatic carbocycles. The topological polar surface area (TPSA) is 9.23 Å². The van der Waals surface area contributed by atoms with Gasteiger partial charge in [0.15, 0.2) is 11.6 Å². The molecule has 0 radical (unpaired) electrons. The zero-order chi connectivity index (χ0) is 14.8. The van der Waals surface area contributed by atoms with Crippen molar-refractivity contribution in [2.75, 3.05) is 0 Å². The third-order valence-electron chi connectivity index (χ3n) is 2.26. The first-order chi connectivity index (χ1) is 9.38. The Kier molecular flexibility index (Phi) is 2.72. The van der Waals surface area contributed by atoms with Crippen LogP contribution in [0.1, 0.15) is 15.2 Å². The third kappa shape index (κ3) is 3.07. The van der Waals surface area contributed by atoms with Crippen LogP contribution in [0.4, 0.5) is 4.39 Å². The number of rotatable bonds is 3. The Labute approximate surface area is 113 Å². The van der Waals surface area contributed by atoms with Gasteiger partial charge in [-0.25, -0.2) is 4.39 Å². The minimum atomic E-state index is -2.32. The lowest BCUT2D eigenvalue weighted by Crippen LogP contribution is -1.97. The summed E-state index contributed by atoms with van der Waals surface area (Å²) in [6, 6.07) is 11.6. The largest absolute Gasteiger partial charge is 0.486 e. The molecule has 0 atom stereocenters. The Hall–Kier alpha value is -1.35. The predicted molar refractivity (Wildman–Crippen MR) is 69.6 cm³/mol. The van der Waals surface area contributed by atoms with Crippen molar-refractivity contribution in [3.63, 3.8) is 0 Å². The predicted octanol–water partition coefficient (Wildman–Crippen LogP) is 4.48. The van der Waals surface area contributed by atoms with Crippen LogP contribution in [0.2, 0.25) is 0 Å². The molecule has 0 bridgehead atoms. The lowest BCUT2D eigenvalue weighted by Gasteiger charge is -2.09. The van der Waals surface area contributed by atoms with Crippen molar-refractivity contribution in [3.8, 4) is 5.75 Å². The second kappa shape index (κ2) is 5.32. The molecule has 0 fully saturated rings. The normalized spacial score (nSPS) is 13.6. The van der Waals surface area contributed by atoms with E-state index in [9.17, 15) is 4.39 Å². The minimum absolute atomic E-state index is 0.0296. The van der Waals surface area contributed by atoms with E-state index in [-0.39, 0.29) is 22.4 Å². The molecule has 0 aliphatic rings. The average Bonchev–Trinajstić information content (AvgIpc) is 2.37. The summed E-state index contributed by atoms with van der Waals surface area (Å²) in [6.45, 7) is -2.14.